The van der Waals surface area contributed by atoms with Crippen LogP contribution in [0.5, 0.6) is 0 Å². The molecular weight excluding hydrogens is 302 g/mol. The van der Waals surface area contributed by atoms with E-state index in [1.54, 1.807) is 12.1 Å². The molecule has 1 aliphatic heterocycles. The van der Waals surface area contributed by atoms with Crippen LogP contribution < -0.4 is 0 Å². The minimum Gasteiger partial charge on any atom is -0.258 e. The molecule has 3 nitrogen and oxygen atoms in total. The molecule has 1 aromatic rings. The molecule has 1 heterocycles. The van der Waals surface area contributed by atoms with Gasteiger partial charge < -0.3 is 0 Å². The van der Waals surface area contributed by atoms with E-state index in [2.05, 4.69) is 15.9 Å². The van der Waals surface area contributed by atoms with Crippen molar-refractivity contribution in [2.24, 2.45) is 5.92 Å². The first kappa shape index (κ1) is 12.9. The number of aryl methyl sites for hydroxylation is 1. The number of nitro benzene ring substituents is 1. The second kappa shape index (κ2) is 5.87. The molecule has 1 aromatic carbocycles. The van der Waals surface area contributed by atoms with Crippen LogP contribution in [0, 0.1) is 16.0 Å². The van der Waals surface area contributed by atoms with Gasteiger partial charge in [0, 0.05) is 22.7 Å². The summed E-state index contributed by atoms with van der Waals surface area (Å²) in [6.45, 7) is 0. The molecule has 2 unspecified atom stereocenters. The first-order valence-electron chi connectivity index (χ1n) is 5.62. The fourth-order valence-electron chi connectivity index (χ4n) is 1.97. The number of alkyl halides is 1. The van der Waals surface area contributed by atoms with Crippen molar-refractivity contribution in [3.8, 4) is 0 Å². The average molecular weight is 316 g/mol. The Balaban J connectivity index is 1.88. The summed E-state index contributed by atoms with van der Waals surface area (Å²) in [7, 11) is 0. The minimum absolute atomic E-state index is 0.170. The van der Waals surface area contributed by atoms with E-state index in [1.165, 1.54) is 17.1 Å². The number of benzene rings is 1. The number of hydrogen-bond acceptors (Lipinski definition) is 3. The van der Waals surface area contributed by atoms with Gasteiger partial charge in [-0.2, -0.15) is 11.8 Å². The van der Waals surface area contributed by atoms with E-state index < -0.39 is 0 Å². The van der Waals surface area contributed by atoms with Crippen molar-refractivity contribution in [1.29, 1.82) is 0 Å². The van der Waals surface area contributed by atoms with Gasteiger partial charge in [-0.3, -0.25) is 10.1 Å². The molecule has 0 aliphatic carbocycles. The van der Waals surface area contributed by atoms with Crippen molar-refractivity contribution >= 4 is 33.4 Å². The van der Waals surface area contributed by atoms with E-state index in [-0.39, 0.29) is 10.6 Å². The van der Waals surface area contributed by atoms with E-state index in [4.69, 9.17) is 0 Å². The normalized spacial score (nSPS) is 23.8. The zero-order valence-corrected chi connectivity index (χ0v) is 11.7. The van der Waals surface area contributed by atoms with Crippen LogP contribution in [0.3, 0.4) is 0 Å². The highest BCUT2D eigenvalue weighted by Gasteiger charge is 2.24. The van der Waals surface area contributed by atoms with Gasteiger partial charge in [0.25, 0.3) is 5.69 Å². The third-order valence-electron chi connectivity index (χ3n) is 3.07. The fraction of sp³-hybridized carbons (Fsp3) is 0.500. The van der Waals surface area contributed by atoms with Gasteiger partial charge in [0.15, 0.2) is 0 Å². The molecule has 92 valence electrons. The molecule has 1 aliphatic rings. The molecule has 0 N–H and O–H groups in total. The maximum atomic E-state index is 10.5. The number of halogens is 1. The number of non-ortho nitro benzene ring substituents is 1. The van der Waals surface area contributed by atoms with Crippen LogP contribution in [0.2, 0.25) is 0 Å². The second-order valence-corrected chi connectivity index (χ2v) is 6.53. The molecule has 0 bridgehead atoms. The quantitative estimate of drug-likeness (QED) is 0.484. The van der Waals surface area contributed by atoms with Gasteiger partial charge in [0.05, 0.1) is 4.92 Å². The van der Waals surface area contributed by atoms with E-state index in [0.29, 0.717) is 4.83 Å². The maximum Gasteiger partial charge on any atom is 0.269 e. The fourth-order valence-corrected chi connectivity index (χ4v) is 4.57. The molecule has 0 aromatic heterocycles. The minimum atomic E-state index is -0.355. The predicted octanol–water partition coefficient (Wildman–Crippen LogP) is 3.65. The molecule has 0 radical (unpaired) electrons. The summed E-state index contributed by atoms with van der Waals surface area (Å²) in [5.41, 5.74) is 1.36. The van der Waals surface area contributed by atoms with E-state index >= 15 is 0 Å². The third kappa shape index (κ3) is 3.45. The summed E-state index contributed by atoms with van der Waals surface area (Å²) in [6, 6.07) is 6.90. The molecule has 1 fully saturated rings. The molecule has 2 atom stereocenters. The first-order chi connectivity index (χ1) is 8.16. The van der Waals surface area contributed by atoms with Gasteiger partial charge in [0.1, 0.15) is 0 Å². The lowest BCUT2D eigenvalue weighted by Gasteiger charge is -2.12. The average Bonchev–Trinajstić information content (AvgIpc) is 2.73. The van der Waals surface area contributed by atoms with Gasteiger partial charge in [-0.1, -0.05) is 28.1 Å². The second-order valence-electron chi connectivity index (χ2n) is 4.28. The number of hydrogen-bond donors (Lipinski definition) is 0. The Hall–Kier alpha value is -0.550. The van der Waals surface area contributed by atoms with Crippen LogP contribution in [-0.4, -0.2) is 21.3 Å². The standard InChI is InChI=1S/C12H14BrNO2S/c13-12-8-17-7-10(12)4-1-9-2-5-11(6-3-9)14(15)16/h2-3,5-6,10,12H,1,4,7-8H2. The highest BCUT2D eigenvalue weighted by atomic mass is 79.9. The summed E-state index contributed by atoms with van der Waals surface area (Å²) < 4.78 is 0. The molecule has 0 amide bonds. The van der Waals surface area contributed by atoms with Crippen molar-refractivity contribution < 1.29 is 4.92 Å². The zero-order chi connectivity index (χ0) is 12.3. The Bertz CT molecular complexity index is 396. The SMILES string of the molecule is O=[N+]([O-])c1ccc(CCC2CSCC2Br)cc1. The topological polar surface area (TPSA) is 43.1 Å². The summed E-state index contributed by atoms with van der Waals surface area (Å²) >= 11 is 5.69. The van der Waals surface area contributed by atoms with Crippen LogP contribution in [0.1, 0.15) is 12.0 Å². The van der Waals surface area contributed by atoms with Gasteiger partial charge >= 0.3 is 0 Å². The lowest BCUT2D eigenvalue weighted by Crippen LogP contribution is -2.12. The van der Waals surface area contributed by atoms with Crippen molar-refractivity contribution in [1.82, 2.24) is 0 Å². The van der Waals surface area contributed by atoms with Crippen molar-refractivity contribution in [3.05, 3.63) is 39.9 Å². The van der Waals surface area contributed by atoms with Crippen LogP contribution >= 0.6 is 27.7 Å². The number of nitro groups is 1. The summed E-state index contributed by atoms with van der Waals surface area (Å²) in [6.07, 6.45) is 2.16. The Kier molecular flexibility index (Phi) is 4.45. The molecule has 5 heteroatoms. The third-order valence-corrected chi connectivity index (χ3v) is 5.83. The summed E-state index contributed by atoms with van der Waals surface area (Å²) in [4.78, 5) is 10.8. The molecule has 17 heavy (non-hydrogen) atoms. The van der Waals surface area contributed by atoms with Gasteiger partial charge in [0.2, 0.25) is 0 Å². The zero-order valence-electron chi connectivity index (χ0n) is 9.34. The molecule has 0 spiro atoms. The summed E-state index contributed by atoms with van der Waals surface area (Å²) in [5, 5.41) is 10.5. The Morgan fingerprint density at radius 1 is 1.35 bits per heavy atom. The molecule has 0 saturated carbocycles. The van der Waals surface area contributed by atoms with Gasteiger partial charge in [-0.15, -0.1) is 0 Å². The van der Waals surface area contributed by atoms with Crippen LogP contribution in [0.4, 0.5) is 5.69 Å². The first-order valence-corrected chi connectivity index (χ1v) is 7.69. The molecule has 2 rings (SSSR count). The number of nitrogens with zero attached hydrogens (tertiary/aromatic N) is 1. The Morgan fingerprint density at radius 2 is 2.06 bits per heavy atom. The molecular formula is C12H14BrNO2S. The van der Waals surface area contributed by atoms with Gasteiger partial charge in [-0.05, 0) is 30.1 Å². The van der Waals surface area contributed by atoms with Crippen LogP contribution in [0.15, 0.2) is 24.3 Å². The van der Waals surface area contributed by atoms with Crippen molar-refractivity contribution in [3.63, 3.8) is 0 Å². The smallest absolute Gasteiger partial charge is 0.258 e. The highest BCUT2D eigenvalue weighted by molar-refractivity contribution is 9.09. The van der Waals surface area contributed by atoms with Crippen molar-refractivity contribution in [2.75, 3.05) is 11.5 Å². The largest absolute Gasteiger partial charge is 0.269 e. The highest BCUT2D eigenvalue weighted by Crippen LogP contribution is 2.32. The molecule has 1 saturated heterocycles. The Labute approximate surface area is 113 Å². The van der Waals surface area contributed by atoms with Crippen LogP contribution in [-0.2, 0) is 6.42 Å². The monoisotopic (exact) mass is 315 g/mol. The van der Waals surface area contributed by atoms with E-state index in [9.17, 15) is 10.1 Å². The Morgan fingerprint density at radius 3 is 2.59 bits per heavy atom. The van der Waals surface area contributed by atoms with Crippen LogP contribution in [0.25, 0.3) is 0 Å². The lowest BCUT2D eigenvalue weighted by molar-refractivity contribution is -0.384. The number of rotatable bonds is 4. The maximum absolute atomic E-state index is 10.5. The van der Waals surface area contributed by atoms with Gasteiger partial charge in [-0.25, -0.2) is 0 Å². The summed E-state index contributed by atoms with van der Waals surface area (Å²) in [5.74, 6) is 3.16. The number of thioether (sulfide) groups is 1. The van der Waals surface area contributed by atoms with Crippen molar-refractivity contribution in [2.45, 2.75) is 17.7 Å². The lowest BCUT2D eigenvalue weighted by atomic mass is 9.99. The predicted molar refractivity (Wildman–Crippen MR) is 74.9 cm³/mol. The van der Waals surface area contributed by atoms with E-state index in [0.717, 1.165) is 18.8 Å². The van der Waals surface area contributed by atoms with E-state index in [1.807, 2.05) is 23.9 Å².